The quantitative estimate of drug-likeness (QED) is 0.195. The molecule has 0 heterocycles. The van der Waals surface area contributed by atoms with Gasteiger partial charge in [-0.15, -0.1) is 0 Å². The van der Waals surface area contributed by atoms with E-state index < -0.39 is 41.0 Å². The van der Waals surface area contributed by atoms with Crippen molar-refractivity contribution in [2.75, 3.05) is 6.61 Å². The summed E-state index contributed by atoms with van der Waals surface area (Å²) < 4.78 is 4.69. The Bertz CT molecular complexity index is 590. The van der Waals surface area contributed by atoms with E-state index in [9.17, 15) is 19.5 Å². The van der Waals surface area contributed by atoms with Crippen molar-refractivity contribution in [3.05, 3.63) is 0 Å². The molecule has 2 atom stereocenters. The van der Waals surface area contributed by atoms with E-state index in [0.717, 1.165) is 12.8 Å². The van der Waals surface area contributed by atoms with E-state index in [-0.39, 0.29) is 6.61 Å². The molecule has 0 aromatic heterocycles. The molecule has 0 saturated heterocycles. The lowest BCUT2D eigenvalue weighted by Crippen LogP contribution is -2.39. The normalized spacial score (nSPS) is 18.0. The summed E-state index contributed by atoms with van der Waals surface area (Å²) in [5, 5.41) is 13.1. The van der Waals surface area contributed by atoms with Gasteiger partial charge in [-0.3, -0.25) is 4.79 Å². The monoisotopic (exact) mass is 412 g/mol. The van der Waals surface area contributed by atoms with Crippen molar-refractivity contribution in [1.29, 1.82) is 0 Å². The molecule has 0 radical (unpaired) electrons. The summed E-state index contributed by atoms with van der Waals surface area (Å²) in [6.45, 7) is 7.06. The van der Waals surface area contributed by atoms with Crippen molar-refractivity contribution in [2.45, 2.75) is 79.1 Å². The first-order valence-electron chi connectivity index (χ1n) is 10.5. The molecule has 1 aliphatic rings. The Morgan fingerprint density at radius 3 is 2.31 bits per heavy atom. The average Bonchev–Trinajstić information content (AvgIpc) is 2.64. The maximum Gasteiger partial charge on any atom is 0.377 e. The molecule has 1 fully saturated rings. The number of nitrogens with zero attached hydrogens (tertiary/aromatic N) is 1. The minimum atomic E-state index is -1.06. The van der Waals surface area contributed by atoms with Crippen LogP contribution in [0.2, 0.25) is 0 Å². The highest BCUT2D eigenvalue weighted by Gasteiger charge is 2.42. The molecule has 3 N–H and O–H groups in total. The Morgan fingerprint density at radius 1 is 1.17 bits per heavy atom. The smallest absolute Gasteiger partial charge is 0.377 e. The van der Waals surface area contributed by atoms with Gasteiger partial charge in [0.15, 0.2) is 0 Å². The van der Waals surface area contributed by atoms with E-state index in [4.69, 9.17) is 10.6 Å². The maximum absolute atomic E-state index is 12.7. The summed E-state index contributed by atoms with van der Waals surface area (Å²) in [6.07, 6.45) is 8.22. The number of oxime groups is 1. The third-order valence-electron chi connectivity index (χ3n) is 5.47. The van der Waals surface area contributed by atoms with Crippen LogP contribution in [0.1, 0.15) is 79.1 Å². The second kappa shape index (κ2) is 11.8. The van der Waals surface area contributed by atoms with Gasteiger partial charge in [0.1, 0.15) is 0 Å². The molecule has 0 aliphatic heterocycles. The first-order valence-corrected chi connectivity index (χ1v) is 10.5. The van der Waals surface area contributed by atoms with Gasteiger partial charge in [0.25, 0.3) is 0 Å². The highest BCUT2D eigenvalue weighted by Crippen LogP contribution is 2.37. The molecule has 0 amide bonds. The molecular formula is C21H36N2O6. The minimum Gasteiger partial charge on any atom is -0.481 e. The zero-order chi connectivity index (χ0) is 22.0. The van der Waals surface area contributed by atoms with Gasteiger partial charge in [0, 0.05) is 0 Å². The zero-order valence-electron chi connectivity index (χ0n) is 18.1. The summed E-state index contributed by atoms with van der Waals surface area (Å²) in [7, 11) is 0. The van der Waals surface area contributed by atoms with Crippen LogP contribution in [0.25, 0.3) is 0 Å². The maximum atomic E-state index is 12.7. The Labute approximate surface area is 173 Å². The first kappa shape index (κ1) is 24.9. The molecule has 1 aliphatic carbocycles. The third kappa shape index (κ3) is 8.41. The minimum absolute atomic E-state index is 0.109. The van der Waals surface area contributed by atoms with Gasteiger partial charge in [-0.1, -0.05) is 70.9 Å². The van der Waals surface area contributed by atoms with Crippen LogP contribution in [-0.4, -0.2) is 35.5 Å². The lowest BCUT2D eigenvalue weighted by molar-refractivity contribution is -0.162. The fourth-order valence-electron chi connectivity index (χ4n) is 4.07. The summed E-state index contributed by atoms with van der Waals surface area (Å²) in [5.41, 5.74) is 4.80. The van der Waals surface area contributed by atoms with Crippen LogP contribution in [0.4, 0.5) is 0 Å². The number of amidine groups is 1. The van der Waals surface area contributed by atoms with Gasteiger partial charge in [0.05, 0.1) is 18.4 Å². The molecule has 1 saturated carbocycles. The highest BCUT2D eigenvalue weighted by molar-refractivity contribution is 6.34. The molecule has 1 rings (SSSR count). The van der Waals surface area contributed by atoms with Crippen molar-refractivity contribution in [1.82, 2.24) is 0 Å². The van der Waals surface area contributed by atoms with E-state index in [1.54, 1.807) is 27.7 Å². The number of hydrogen-bond donors (Lipinski definition) is 2. The van der Waals surface area contributed by atoms with E-state index >= 15 is 0 Å². The van der Waals surface area contributed by atoms with Crippen LogP contribution < -0.4 is 5.73 Å². The molecule has 0 spiro atoms. The van der Waals surface area contributed by atoms with Crippen molar-refractivity contribution in [3.63, 3.8) is 0 Å². The van der Waals surface area contributed by atoms with Gasteiger partial charge < -0.3 is 20.4 Å². The van der Waals surface area contributed by atoms with E-state index in [1.165, 1.54) is 32.1 Å². The topological polar surface area (TPSA) is 128 Å². The SMILES string of the molecule is CCOC(=O)C(N)=NOC(=O)[C@H](CCCC1CCCCC1)C(C(=O)O)C(C)(C)C. The molecule has 0 aromatic carbocycles. The number of hydrogen-bond acceptors (Lipinski definition) is 6. The number of aliphatic carboxylic acids is 1. The molecule has 0 aromatic rings. The zero-order valence-corrected chi connectivity index (χ0v) is 18.1. The lowest BCUT2D eigenvalue weighted by atomic mass is 9.71. The number of nitrogens with two attached hydrogens (primary N) is 1. The highest BCUT2D eigenvalue weighted by atomic mass is 16.7. The van der Waals surface area contributed by atoms with E-state index in [0.29, 0.717) is 12.3 Å². The second-order valence-corrected chi connectivity index (χ2v) is 8.83. The fourth-order valence-corrected chi connectivity index (χ4v) is 4.07. The summed E-state index contributed by atoms with van der Waals surface area (Å²) in [4.78, 5) is 41.0. The molecule has 8 heteroatoms. The van der Waals surface area contributed by atoms with Crippen molar-refractivity contribution in [2.24, 2.45) is 34.1 Å². The van der Waals surface area contributed by atoms with Gasteiger partial charge in [-0.25, -0.2) is 9.59 Å². The number of esters is 1. The number of carbonyl (C=O) groups excluding carboxylic acids is 2. The van der Waals surface area contributed by atoms with Crippen molar-refractivity contribution < 1.29 is 29.1 Å². The Balaban J connectivity index is 2.87. The van der Waals surface area contributed by atoms with Gasteiger partial charge in [-0.05, 0) is 24.7 Å². The number of carboxylic acids is 1. The standard InChI is InChI=1S/C21H36N2O6/c1-5-28-20(27)17(22)23-29-19(26)15(16(18(24)25)21(2,3)4)13-9-12-14-10-7-6-8-11-14/h14-16H,5-13H2,1-4H3,(H2,22,23)(H,24,25)/t15-,16?/m1/s1. The molecule has 8 nitrogen and oxygen atoms in total. The van der Waals surface area contributed by atoms with Gasteiger partial charge in [-0.2, -0.15) is 0 Å². The van der Waals surface area contributed by atoms with Gasteiger partial charge >= 0.3 is 17.9 Å². The first-order chi connectivity index (χ1) is 13.6. The second-order valence-electron chi connectivity index (χ2n) is 8.83. The molecular weight excluding hydrogens is 376 g/mol. The van der Waals surface area contributed by atoms with Gasteiger partial charge in [0.2, 0.25) is 5.84 Å². The third-order valence-corrected chi connectivity index (χ3v) is 5.47. The summed E-state index contributed by atoms with van der Waals surface area (Å²) in [6, 6.07) is 0. The predicted molar refractivity (Wildman–Crippen MR) is 109 cm³/mol. The molecule has 29 heavy (non-hydrogen) atoms. The number of rotatable bonds is 9. The van der Waals surface area contributed by atoms with Crippen LogP contribution >= 0.6 is 0 Å². The number of carboxylic acid groups (broad SMARTS) is 1. The number of ether oxygens (including phenoxy) is 1. The van der Waals surface area contributed by atoms with Crippen LogP contribution in [0, 0.1) is 23.2 Å². The predicted octanol–water partition coefficient (Wildman–Crippen LogP) is 3.48. The molecule has 166 valence electrons. The Morgan fingerprint density at radius 2 is 1.79 bits per heavy atom. The van der Waals surface area contributed by atoms with Crippen LogP contribution in [0.15, 0.2) is 5.16 Å². The molecule has 0 bridgehead atoms. The summed E-state index contributed by atoms with van der Waals surface area (Å²) in [5.74, 6) is -4.50. The molecule has 1 unspecified atom stereocenters. The number of carbonyl (C=O) groups is 3. The van der Waals surface area contributed by atoms with Crippen molar-refractivity contribution >= 4 is 23.7 Å². The van der Waals surface area contributed by atoms with Crippen molar-refractivity contribution in [3.8, 4) is 0 Å². The van der Waals surface area contributed by atoms with E-state index in [2.05, 4.69) is 9.89 Å². The Kier molecular flexibility index (Phi) is 10.1. The Hall–Kier alpha value is -2.12. The van der Waals surface area contributed by atoms with Crippen LogP contribution in [0.3, 0.4) is 0 Å². The van der Waals surface area contributed by atoms with E-state index in [1.807, 2.05) is 0 Å². The van der Waals surface area contributed by atoms with Crippen LogP contribution in [0.5, 0.6) is 0 Å². The lowest BCUT2D eigenvalue weighted by Gasteiger charge is -2.32. The fraction of sp³-hybridized carbons (Fsp3) is 0.810. The van der Waals surface area contributed by atoms with Crippen LogP contribution in [-0.2, 0) is 24.0 Å². The largest absolute Gasteiger partial charge is 0.481 e. The summed E-state index contributed by atoms with van der Waals surface area (Å²) >= 11 is 0. The average molecular weight is 413 g/mol.